The largest absolute Gasteiger partial charge is 0.478 e. The maximum Gasteiger partial charge on any atom is 0.335 e. The summed E-state index contributed by atoms with van der Waals surface area (Å²) in [5, 5.41) is 15.4. The molecule has 2 aromatic heterocycles. The third-order valence-corrected chi connectivity index (χ3v) is 3.97. The Morgan fingerprint density at radius 2 is 2.00 bits per heavy atom. The first kappa shape index (κ1) is 12.6. The number of aryl methyl sites for hydroxylation is 1. The number of benzene rings is 1. The zero-order valence-electron chi connectivity index (χ0n) is 10.8. The van der Waals surface area contributed by atoms with Gasteiger partial charge >= 0.3 is 5.97 Å². The molecule has 2 heterocycles. The van der Waals surface area contributed by atoms with Gasteiger partial charge in [0.1, 0.15) is 0 Å². The van der Waals surface area contributed by atoms with Crippen LogP contribution in [0.5, 0.6) is 0 Å². The molecule has 1 N–H and O–H groups in total. The number of carbonyl (C=O) groups is 1. The molecule has 0 radical (unpaired) electrons. The summed E-state index contributed by atoms with van der Waals surface area (Å²) < 4.78 is 1.84. The second-order valence-corrected chi connectivity index (χ2v) is 5.35. The summed E-state index contributed by atoms with van der Waals surface area (Å²) >= 11 is 1.67. The highest BCUT2D eigenvalue weighted by Gasteiger charge is 2.10. The average Bonchev–Trinajstić information content (AvgIpc) is 3.07. The number of carboxylic acid groups (broad SMARTS) is 1. The van der Waals surface area contributed by atoms with Crippen molar-refractivity contribution in [2.45, 2.75) is 0 Å². The minimum absolute atomic E-state index is 0.281. The van der Waals surface area contributed by atoms with Crippen molar-refractivity contribution in [2.24, 2.45) is 7.05 Å². The van der Waals surface area contributed by atoms with E-state index in [1.54, 1.807) is 35.6 Å². The lowest BCUT2D eigenvalue weighted by Crippen LogP contribution is -1.95. The van der Waals surface area contributed by atoms with Gasteiger partial charge in [-0.3, -0.25) is 4.68 Å². The molecule has 100 valence electrons. The SMILES string of the molecule is Cn1nc(-c2ccc(C(=O)O)cc2)cc1-c1cccs1. The van der Waals surface area contributed by atoms with E-state index in [2.05, 4.69) is 11.2 Å². The van der Waals surface area contributed by atoms with Gasteiger partial charge in [-0.05, 0) is 29.6 Å². The molecule has 0 aliphatic rings. The molecule has 3 rings (SSSR count). The number of rotatable bonds is 3. The Morgan fingerprint density at radius 1 is 1.25 bits per heavy atom. The smallest absolute Gasteiger partial charge is 0.335 e. The van der Waals surface area contributed by atoms with Crippen LogP contribution < -0.4 is 0 Å². The third kappa shape index (κ3) is 2.23. The molecular weight excluding hydrogens is 272 g/mol. The van der Waals surface area contributed by atoms with E-state index in [4.69, 9.17) is 5.11 Å². The number of aromatic nitrogens is 2. The fourth-order valence-corrected chi connectivity index (χ4v) is 2.82. The summed E-state index contributed by atoms with van der Waals surface area (Å²) in [5.74, 6) is -0.920. The standard InChI is InChI=1S/C15H12N2O2S/c1-17-13(14-3-2-8-20-14)9-12(16-17)10-4-6-11(7-5-10)15(18)19/h2-9H,1H3,(H,18,19). The van der Waals surface area contributed by atoms with Crippen molar-refractivity contribution in [3.63, 3.8) is 0 Å². The summed E-state index contributed by atoms with van der Waals surface area (Å²) in [5.41, 5.74) is 3.08. The molecule has 3 aromatic rings. The summed E-state index contributed by atoms with van der Waals surface area (Å²) in [6.07, 6.45) is 0. The lowest BCUT2D eigenvalue weighted by Gasteiger charge is -1.97. The zero-order chi connectivity index (χ0) is 14.1. The van der Waals surface area contributed by atoms with Crippen LogP contribution in [0.1, 0.15) is 10.4 Å². The van der Waals surface area contributed by atoms with E-state index in [0.717, 1.165) is 21.8 Å². The first-order valence-corrected chi connectivity index (χ1v) is 6.95. The normalized spacial score (nSPS) is 10.7. The van der Waals surface area contributed by atoms with Crippen molar-refractivity contribution < 1.29 is 9.90 Å². The van der Waals surface area contributed by atoms with Crippen LogP contribution in [0.25, 0.3) is 21.8 Å². The number of aromatic carboxylic acids is 1. The van der Waals surface area contributed by atoms with Gasteiger partial charge in [0.15, 0.2) is 0 Å². The third-order valence-electron chi connectivity index (χ3n) is 3.08. The van der Waals surface area contributed by atoms with Crippen LogP contribution in [-0.4, -0.2) is 20.9 Å². The van der Waals surface area contributed by atoms with E-state index in [-0.39, 0.29) is 5.56 Å². The lowest BCUT2D eigenvalue weighted by atomic mass is 10.1. The second-order valence-electron chi connectivity index (χ2n) is 4.40. The quantitative estimate of drug-likeness (QED) is 0.800. The molecule has 0 fully saturated rings. The highest BCUT2D eigenvalue weighted by Crippen LogP contribution is 2.28. The van der Waals surface area contributed by atoms with Gasteiger partial charge in [-0.15, -0.1) is 11.3 Å². The molecule has 4 nitrogen and oxygen atoms in total. The van der Waals surface area contributed by atoms with Crippen molar-refractivity contribution in [1.29, 1.82) is 0 Å². The lowest BCUT2D eigenvalue weighted by molar-refractivity contribution is 0.0697. The minimum Gasteiger partial charge on any atom is -0.478 e. The maximum absolute atomic E-state index is 10.8. The Kier molecular flexibility index (Phi) is 3.12. The van der Waals surface area contributed by atoms with Crippen LogP contribution in [-0.2, 0) is 7.05 Å². The Bertz CT molecular complexity index is 743. The van der Waals surface area contributed by atoms with Gasteiger partial charge < -0.3 is 5.11 Å². The minimum atomic E-state index is -0.920. The van der Waals surface area contributed by atoms with Crippen LogP contribution >= 0.6 is 11.3 Å². The van der Waals surface area contributed by atoms with Crippen LogP contribution in [0.15, 0.2) is 47.8 Å². The molecule has 0 aliphatic carbocycles. The van der Waals surface area contributed by atoms with E-state index in [1.165, 1.54) is 0 Å². The van der Waals surface area contributed by atoms with Crippen molar-refractivity contribution in [2.75, 3.05) is 0 Å². The molecule has 0 unspecified atom stereocenters. The van der Waals surface area contributed by atoms with Crippen LogP contribution in [0.3, 0.4) is 0 Å². The Hall–Kier alpha value is -2.40. The Labute approximate surface area is 119 Å². The summed E-state index contributed by atoms with van der Waals surface area (Å²) in [6, 6.07) is 12.8. The van der Waals surface area contributed by atoms with Gasteiger partial charge in [0.25, 0.3) is 0 Å². The number of hydrogen-bond donors (Lipinski definition) is 1. The van der Waals surface area contributed by atoms with Crippen LogP contribution in [0.2, 0.25) is 0 Å². The highest BCUT2D eigenvalue weighted by molar-refractivity contribution is 7.13. The fourth-order valence-electron chi connectivity index (χ4n) is 2.05. The second kappa shape index (κ2) is 4.94. The van der Waals surface area contributed by atoms with Gasteiger partial charge in [0.05, 0.1) is 21.8 Å². The van der Waals surface area contributed by atoms with E-state index in [0.29, 0.717) is 0 Å². The highest BCUT2D eigenvalue weighted by atomic mass is 32.1. The predicted octanol–water partition coefficient (Wildman–Crippen LogP) is 3.51. The molecule has 5 heteroatoms. The topological polar surface area (TPSA) is 55.1 Å². The first-order chi connectivity index (χ1) is 9.65. The summed E-state index contributed by atoms with van der Waals surface area (Å²) in [4.78, 5) is 12.0. The van der Waals surface area contributed by atoms with E-state index < -0.39 is 5.97 Å². The number of nitrogens with zero attached hydrogens (tertiary/aromatic N) is 2. The Balaban J connectivity index is 1.99. The molecular formula is C15H12N2O2S. The van der Waals surface area contributed by atoms with Gasteiger partial charge in [0, 0.05) is 12.6 Å². The maximum atomic E-state index is 10.8. The molecule has 1 aromatic carbocycles. The van der Waals surface area contributed by atoms with Crippen molar-refractivity contribution in [3.8, 4) is 21.8 Å². The van der Waals surface area contributed by atoms with Gasteiger partial charge in [-0.2, -0.15) is 5.10 Å². The molecule has 0 atom stereocenters. The van der Waals surface area contributed by atoms with E-state index in [9.17, 15) is 4.79 Å². The van der Waals surface area contributed by atoms with E-state index >= 15 is 0 Å². The molecule has 0 saturated heterocycles. The monoisotopic (exact) mass is 284 g/mol. The molecule has 0 saturated carbocycles. The van der Waals surface area contributed by atoms with Crippen molar-refractivity contribution >= 4 is 17.3 Å². The van der Waals surface area contributed by atoms with E-state index in [1.807, 2.05) is 29.2 Å². The van der Waals surface area contributed by atoms with Gasteiger partial charge in [-0.1, -0.05) is 18.2 Å². The molecule has 0 spiro atoms. The van der Waals surface area contributed by atoms with Gasteiger partial charge in [0.2, 0.25) is 0 Å². The summed E-state index contributed by atoms with van der Waals surface area (Å²) in [7, 11) is 1.91. The van der Waals surface area contributed by atoms with Crippen molar-refractivity contribution in [1.82, 2.24) is 9.78 Å². The zero-order valence-corrected chi connectivity index (χ0v) is 11.6. The van der Waals surface area contributed by atoms with Crippen molar-refractivity contribution in [3.05, 3.63) is 53.4 Å². The number of thiophene rings is 1. The average molecular weight is 284 g/mol. The van der Waals surface area contributed by atoms with Crippen LogP contribution in [0, 0.1) is 0 Å². The summed E-state index contributed by atoms with van der Waals surface area (Å²) in [6.45, 7) is 0. The first-order valence-electron chi connectivity index (χ1n) is 6.07. The van der Waals surface area contributed by atoms with Crippen LogP contribution in [0.4, 0.5) is 0 Å². The molecule has 0 bridgehead atoms. The molecule has 0 aliphatic heterocycles. The Morgan fingerprint density at radius 3 is 2.60 bits per heavy atom. The fraction of sp³-hybridized carbons (Fsp3) is 0.0667. The number of hydrogen-bond acceptors (Lipinski definition) is 3. The van der Waals surface area contributed by atoms with Gasteiger partial charge in [-0.25, -0.2) is 4.79 Å². The molecule has 20 heavy (non-hydrogen) atoms. The number of carboxylic acids is 1. The predicted molar refractivity (Wildman–Crippen MR) is 78.9 cm³/mol. The molecule has 0 amide bonds.